The van der Waals surface area contributed by atoms with Crippen molar-refractivity contribution in [3.63, 3.8) is 0 Å². The van der Waals surface area contributed by atoms with Crippen LogP contribution in [-0.4, -0.2) is 38.2 Å². The average molecular weight is 298 g/mol. The third-order valence-electron chi connectivity index (χ3n) is 3.51. The van der Waals surface area contributed by atoms with E-state index in [1.165, 1.54) is 30.9 Å². The van der Waals surface area contributed by atoms with E-state index in [0.29, 0.717) is 0 Å². The van der Waals surface area contributed by atoms with Gasteiger partial charge in [0.2, 0.25) is 0 Å². The van der Waals surface area contributed by atoms with E-state index in [1.807, 2.05) is 24.3 Å². The van der Waals surface area contributed by atoms with Gasteiger partial charge in [0, 0.05) is 13.1 Å². The van der Waals surface area contributed by atoms with Crippen LogP contribution in [0.4, 0.5) is 5.82 Å². The third kappa shape index (κ3) is 2.44. The molecule has 7 heteroatoms. The van der Waals surface area contributed by atoms with Gasteiger partial charge in [-0.3, -0.25) is 5.10 Å². The van der Waals surface area contributed by atoms with Crippen LogP contribution in [0, 0.1) is 0 Å². The van der Waals surface area contributed by atoms with Gasteiger partial charge in [0.15, 0.2) is 11.0 Å². The van der Waals surface area contributed by atoms with Crippen LogP contribution in [0.2, 0.25) is 0 Å². The van der Waals surface area contributed by atoms with Gasteiger partial charge in [0.1, 0.15) is 11.4 Å². The molecular formula is C14H14N6S. The highest BCUT2D eigenvalue weighted by atomic mass is 32.2. The Bertz CT molecular complexity index is 751. The van der Waals surface area contributed by atoms with Gasteiger partial charge < -0.3 is 4.90 Å². The van der Waals surface area contributed by atoms with Gasteiger partial charge in [0.25, 0.3) is 0 Å². The molecule has 6 nitrogen and oxygen atoms in total. The summed E-state index contributed by atoms with van der Waals surface area (Å²) in [4.78, 5) is 16.1. The summed E-state index contributed by atoms with van der Waals surface area (Å²) in [5, 5.41) is 8.37. The summed E-state index contributed by atoms with van der Waals surface area (Å²) in [6, 6.07) is 7.97. The number of H-pyrrole nitrogens is 1. The van der Waals surface area contributed by atoms with Crippen LogP contribution in [0.25, 0.3) is 11.0 Å². The number of rotatable bonds is 3. The maximum atomic E-state index is 4.82. The normalized spacial score (nSPS) is 15.0. The van der Waals surface area contributed by atoms with Crippen LogP contribution in [0.1, 0.15) is 12.8 Å². The smallest absolute Gasteiger partial charge is 0.189 e. The lowest BCUT2D eigenvalue weighted by molar-refractivity contribution is 0.897. The first-order valence-corrected chi connectivity index (χ1v) is 7.77. The molecule has 1 aliphatic heterocycles. The van der Waals surface area contributed by atoms with Crippen LogP contribution >= 0.6 is 11.8 Å². The Morgan fingerprint density at radius 3 is 2.52 bits per heavy atom. The summed E-state index contributed by atoms with van der Waals surface area (Å²) in [6.07, 6.45) is 3.92. The maximum absolute atomic E-state index is 4.82. The lowest BCUT2D eigenvalue weighted by Crippen LogP contribution is -2.20. The van der Waals surface area contributed by atoms with Gasteiger partial charge in [-0.1, -0.05) is 12.1 Å². The Balaban J connectivity index is 1.82. The molecule has 0 saturated carbocycles. The molecule has 2 aromatic heterocycles. The molecule has 106 valence electrons. The number of nitrogens with zero attached hydrogens (tertiary/aromatic N) is 5. The lowest BCUT2D eigenvalue weighted by Gasteiger charge is -2.19. The van der Waals surface area contributed by atoms with Crippen molar-refractivity contribution in [2.75, 3.05) is 18.0 Å². The van der Waals surface area contributed by atoms with Gasteiger partial charge in [-0.2, -0.15) is 5.10 Å². The molecule has 0 spiro atoms. The monoisotopic (exact) mass is 298 g/mol. The van der Waals surface area contributed by atoms with Gasteiger partial charge in [-0.05, 0) is 36.7 Å². The lowest BCUT2D eigenvalue weighted by atomic mass is 10.3. The molecule has 4 rings (SSSR count). The number of nitrogens with one attached hydrogen (secondary N) is 1. The zero-order valence-corrected chi connectivity index (χ0v) is 12.2. The number of benzene rings is 1. The fourth-order valence-corrected chi connectivity index (χ4v) is 3.30. The molecule has 3 heterocycles. The first-order chi connectivity index (χ1) is 10.4. The Morgan fingerprint density at radius 1 is 1.05 bits per heavy atom. The molecule has 0 aliphatic carbocycles. The number of fused-ring (bicyclic) bond motifs is 1. The molecule has 21 heavy (non-hydrogen) atoms. The highest BCUT2D eigenvalue weighted by Crippen LogP contribution is 2.33. The molecule has 0 atom stereocenters. The molecule has 3 aromatic rings. The van der Waals surface area contributed by atoms with Crippen molar-refractivity contribution in [1.82, 2.24) is 25.1 Å². The summed E-state index contributed by atoms with van der Waals surface area (Å²) >= 11 is 1.48. The zero-order valence-electron chi connectivity index (χ0n) is 11.4. The first kappa shape index (κ1) is 12.6. The SMILES string of the molecule is c1ccc2nc(N3CCCC3)c(Sc3ncn[nH]3)nc2c1. The molecule has 1 aromatic carbocycles. The van der Waals surface area contributed by atoms with Crippen molar-refractivity contribution in [3.05, 3.63) is 30.6 Å². The summed E-state index contributed by atoms with van der Waals surface area (Å²) in [5.41, 5.74) is 1.84. The summed E-state index contributed by atoms with van der Waals surface area (Å²) in [6.45, 7) is 2.08. The summed E-state index contributed by atoms with van der Waals surface area (Å²) < 4.78 is 0. The molecule has 1 fully saturated rings. The molecule has 0 amide bonds. The van der Waals surface area contributed by atoms with Gasteiger partial charge >= 0.3 is 0 Å². The Morgan fingerprint density at radius 2 is 1.81 bits per heavy atom. The minimum absolute atomic E-state index is 0.736. The zero-order chi connectivity index (χ0) is 14.1. The highest BCUT2D eigenvalue weighted by Gasteiger charge is 2.20. The number of anilines is 1. The van der Waals surface area contributed by atoms with Crippen molar-refractivity contribution in [2.45, 2.75) is 23.0 Å². The molecule has 0 radical (unpaired) electrons. The minimum Gasteiger partial charge on any atom is -0.354 e. The van der Waals surface area contributed by atoms with E-state index in [4.69, 9.17) is 9.97 Å². The maximum Gasteiger partial charge on any atom is 0.189 e. The number of aromatic amines is 1. The second-order valence-electron chi connectivity index (χ2n) is 4.93. The second kappa shape index (κ2) is 5.33. The highest BCUT2D eigenvalue weighted by molar-refractivity contribution is 7.99. The summed E-state index contributed by atoms with van der Waals surface area (Å²) in [5.74, 6) is 0.951. The standard InChI is InChI=1S/C14H14N6S/c1-2-6-11-10(5-1)17-12(20-7-3-4-8-20)13(18-11)21-14-15-9-16-19-14/h1-2,5-6,9H,3-4,7-8H2,(H,15,16,19). The number of hydrogen-bond acceptors (Lipinski definition) is 6. The van der Waals surface area contributed by atoms with Gasteiger partial charge in [-0.25, -0.2) is 15.0 Å². The fourth-order valence-electron chi connectivity index (χ4n) is 2.51. The van der Waals surface area contributed by atoms with Crippen molar-refractivity contribution < 1.29 is 0 Å². The average Bonchev–Trinajstić information content (AvgIpc) is 3.20. The molecule has 0 unspecified atom stereocenters. The Hall–Kier alpha value is -2.15. The largest absolute Gasteiger partial charge is 0.354 e. The topological polar surface area (TPSA) is 70.6 Å². The number of hydrogen-bond donors (Lipinski definition) is 1. The number of aromatic nitrogens is 5. The second-order valence-corrected chi connectivity index (χ2v) is 5.91. The van der Waals surface area contributed by atoms with E-state index in [0.717, 1.165) is 40.1 Å². The first-order valence-electron chi connectivity index (χ1n) is 6.95. The fraction of sp³-hybridized carbons (Fsp3) is 0.286. The van der Waals surface area contributed by atoms with Crippen LogP contribution in [0.3, 0.4) is 0 Å². The predicted molar refractivity (Wildman–Crippen MR) is 81.5 cm³/mol. The van der Waals surface area contributed by atoms with Gasteiger partial charge in [0.05, 0.1) is 11.0 Å². The van der Waals surface area contributed by atoms with Crippen molar-refractivity contribution in [3.8, 4) is 0 Å². The minimum atomic E-state index is 0.736. The predicted octanol–water partition coefficient (Wildman–Crippen LogP) is 2.50. The number of para-hydroxylation sites is 2. The third-order valence-corrected chi connectivity index (χ3v) is 4.37. The van der Waals surface area contributed by atoms with Crippen LogP contribution in [0.15, 0.2) is 40.8 Å². The molecule has 1 aliphatic rings. The van der Waals surface area contributed by atoms with Crippen molar-refractivity contribution in [2.24, 2.45) is 0 Å². The van der Waals surface area contributed by atoms with E-state index >= 15 is 0 Å². The molecule has 0 bridgehead atoms. The Labute approximate surface area is 126 Å². The van der Waals surface area contributed by atoms with E-state index in [9.17, 15) is 0 Å². The van der Waals surface area contributed by atoms with Gasteiger partial charge in [-0.15, -0.1) is 0 Å². The molecule has 1 saturated heterocycles. The van der Waals surface area contributed by atoms with Crippen LogP contribution < -0.4 is 4.90 Å². The van der Waals surface area contributed by atoms with E-state index in [2.05, 4.69) is 20.1 Å². The van der Waals surface area contributed by atoms with E-state index in [-0.39, 0.29) is 0 Å². The van der Waals surface area contributed by atoms with E-state index < -0.39 is 0 Å². The van der Waals surface area contributed by atoms with Crippen LogP contribution in [-0.2, 0) is 0 Å². The van der Waals surface area contributed by atoms with Crippen molar-refractivity contribution in [1.29, 1.82) is 0 Å². The summed E-state index contributed by atoms with van der Waals surface area (Å²) in [7, 11) is 0. The van der Waals surface area contributed by atoms with E-state index in [1.54, 1.807) is 0 Å². The van der Waals surface area contributed by atoms with Crippen LogP contribution in [0.5, 0.6) is 0 Å². The van der Waals surface area contributed by atoms with Crippen molar-refractivity contribution >= 4 is 28.6 Å². The Kier molecular flexibility index (Phi) is 3.19. The molecular weight excluding hydrogens is 284 g/mol. The molecule has 1 N–H and O–H groups in total. The quantitative estimate of drug-likeness (QED) is 0.801.